The van der Waals surface area contributed by atoms with Crippen LogP contribution in [0.25, 0.3) is 0 Å². The first-order chi connectivity index (χ1) is 7.71. The van der Waals surface area contributed by atoms with E-state index in [0.29, 0.717) is 18.0 Å². The van der Waals surface area contributed by atoms with Crippen molar-refractivity contribution in [2.45, 2.75) is 56.8 Å². The average molecular weight is 220 g/mol. The minimum absolute atomic E-state index is 0.109. The minimum Gasteiger partial charge on any atom is -0.600 e. The van der Waals surface area contributed by atoms with Crippen molar-refractivity contribution in [1.82, 2.24) is 0 Å². The molecule has 2 saturated carbocycles. The second-order valence-corrected chi connectivity index (χ2v) is 5.86. The molecule has 0 spiro atoms. The summed E-state index contributed by atoms with van der Waals surface area (Å²) in [5.41, 5.74) is 0.120. The van der Waals surface area contributed by atoms with Crippen LogP contribution in [0, 0.1) is 16.5 Å². The van der Waals surface area contributed by atoms with Crippen molar-refractivity contribution < 1.29 is 4.86 Å². The highest BCUT2D eigenvalue weighted by atomic mass is 16.5. The van der Waals surface area contributed by atoms with Gasteiger partial charge in [0, 0.05) is 11.8 Å². The molecule has 2 aliphatic carbocycles. The molecule has 0 aromatic carbocycles. The van der Waals surface area contributed by atoms with Gasteiger partial charge in [-0.1, -0.05) is 11.8 Å². The molecule has 16 heavy (non-hydrogen) atoms. The van der Waals surface area contributed by atoms with E-state index in [2.05, 4.69) is 22.3 Å². The highest BCUT2D eigenvalue weighted by molar-refractivity contribution is 5.14. The molecule has 0 aromatic heterocycles. The first kappa shape index (κ1) is 9.07. The van der Waals surface area contributed by atoms with Gasteiger partial charge in [-0.05, 0) is 24.4 Å². The summed E-state index contributed by atoms with van der Waals surface area (Å²) < 4.78 is 0. The maximum atomic E-state index is 11.8. The Bertz CT molecular complexity index is 397. The van der Waals surface area contributed by atoms with Crippen LogP contribution in [0.4, 0.5) is 0 Å². The van der Waals surface area contributed by atoms with Crippen LogP contribution in [-0.2, 0) is 0 Å². The van der Waals surface area contributed by atoms with E-state index in [1.165, 1.54) is 0 Å². The van der Waals surface area contributed by atoms with Gasteiger partial charge in [0.05, 0.1) is 18.0 Å². The summed E-state index contributed by atoms with van der Waals surface area (Å²) in [5.74, 6) is 0.400. The lowest BCUT2D eigenvalue weighted by Crippen LogP contribution is -2.57. The molecule has 0 unspecified atom stereocenters. The molecule has 5 nitrogen and oxygen atoms in total. The molecular weight excluding hydrogens is 204 g/mol. The van der Waals surface area contributed by atoms with Crippen LogP contribution in [0.2, 0.25) is 0 Å². The molecule has 2 heterocycles. The third-order valence-corrected chi connectivity index (χ3v) is 5.35. The average Bonchev–Trinajstić information content (AvgIpc) is 2.73. The zero-order valence-electron chi connectivity index (χ0n) is 9.41. The molecule has 4 aliphatic rings. The summed E-state index contributed by atoms with van der Waals surface area (Å²) in [4.78, 5) is 0.998. The summed E-state index contributed by atoms with van der Waals surface area (Å²) in [7, 11) is 0. The van der Waals surface area contributed by atoms with Gasteiger partial charge < -0.3 is 5.21 Å². The van der Waals surface area contributed by atoms with Crippen molar-refractivity contribution in [1.29, 1.82) is 0 Å². The number of rotatable bonds is 0. The van der Waals surface area contributed by atoms with Gasteiger partial charge in [0.1, 0.15) is 6.04 Å². The zero-order chi connectivity index (χ0) is 10.9. The molecule has 6 atom stereocenters. The molecule has 0 saturated heterocycles. The van der Waals surface area contributed by atoms with Gasteiger partial charge in [-0.25, -0.2) is 0 Å². The monoisotopic (exact) mass is 220 g/mol. The minimum atomic E-state index is 0.109. The van der Waals surface area contributed by atoms with Crippen LogP contribution in [0.3, 0.4) is 0 Å². The largest absolute Gasteiger partial charge is 0.600 e. The lowest BCUT2D eigenvalue weighted by Gasteiger charge is -2.47. The van der Waals surface area contributed by atoms with Crippen molar-refractivity contribution >= 4 is 0 Å². The van der Waals surface area contributed by atoms with E-state index in [1.807, 2.05) is 0 Å². The summed E-state index contributed by atoms with van der Waals surface area (Å²) >= 11 is 0. The highest BCUT2D eigenvalue weighted by Gasteiger charge is 2.66. The predicted molar refractivity (Wildman–Crippen MR) is 56.1 cm³/mol. The van der Waals surface area contributed by atoms with Crippen molar-refractivity contribution in [3.8, 4) is 0 Å². The summed E-state index contributed by atoms with van der Waals surface area (Å²) in [6.45, 7) is 2.29. The van der Waals surface area contributed by atoms with Crippen molar-refractivity contribution in [2.75, 3.05) is 0 Å². The van der Waals surface area contributed by atoms with E-state index in [0.717, 1.165) is 30.5 Å². The quantitative estimate of drug-likeness (QED) is 0.455. The van der Waals surface area contributed by atoms with Crippen LogP contribution in [-0.4, -0.2) is 29.0 Å². The molecule has 0 amide bonds. The molecule has 2 aliphatic heterocycles. The van der Waals surface area contributed by atoms with E-state index in [4.69, 9.17) is 0 Å². The van der Waals surface area contributed by atoms with E-state index >= 15 is 0 Å². The Morgan fingerprint density at radius 3 is 2.56 bits per heavy atom. The Morgan fingerprint density at radius 1 is 1.12 bits per heavy atom. The molecule has 0 aromatic rings. The Balaban J connectivity index is 1.83. The van der Waals surface area contributed by atoms with Crippen LogP contribution < -0.4 is 0 Å². The molecule has 5 heteroatoms. The number of hydrogen-bond acceptors (Lipinski definition) is 4. The van der Waals surface area contributed by atoms with Gasteiger partial charge in [-0.3, -0.25) is 0 Å². The standard InChI is InChI=1S/C11H16N4O/c1-11-8-4-2-6-10(11)7(15(16)14-6)3-5-9(11)13-12-8/h6-10H,2-5H2,1H3/t6-,7+,8+,9-,10+,11-/m0/s1. The summed E-state index contributed by atoms with van der Waals surface area (Å²) in [6, 6.07) is 1.05. The normalized spacial score (nSPS) is 57.3. The third kappa shape index (κ3) is 0.812. The predicted octanol–water partition coefficient (Wildman–Crippen LogP) is 2.11. The molecule has 0 radical (unpaired) electrons. The van der Waals surface area contributed by atoms with Crippen LogP contribution in [0.5, 0.6) is 0 Å². The number of hydroxylamine groups is 1. The number of nitrogens with zero attached hydrogens (tertiary/aromatic N) is 4. The number of azo groups is 2. The van der Waals surface area contributed by atoms with E-state index in [1.54, 1.807) is 0 Å². The molecule has 4 rings (SSSR count). The first-order valence-electron chi connectivity index (χ1n) is 6.28. The lowest BCUT2D eigenvalue weighted by atomic mass is 9.54. The summed E-state index contributed by atoms with van der Waals surface area (Å²) in [6.07, 6.45) is 4.03. The fourth-order valence-electron chi connectivity index (χ4n) is 4.52. The molecular formula is C11H16N4O. The smallest absolute Gasteiger partial charge is 0.195 e. The Hall–Kier alpha value is -1.00. The van der Waals surface area contributed by atoms with Gasteiger partial charge >= 0.3 is 0 Å². The molecule has 0 N–H and O–H groups in total. The maximum Gasteiger partial charge on any atom is 0.195 e. The van der Waals surface area contributed by atoms with Gasteiger partial charge in [-0.2, -0.15) is 10.2 Å². The highest BCUT2D eigenvalue weighted by Crippen LogP contribution is 2.58. The van der Waals surface area contributed by atoms with E-state index in [9.17, 15) is 5.21 Å². The first-order valence-corrected chi connectivity index (χ1v) is 6.28. The Labute approximate surface area is 94.2 Å². The van der Waals surface area contributed by atoms with Crippen LogP contribution >= 0.6 is 0 Å². The second-order valence-electron chi connectivity index (χ2n) is 5.86. The number of hydrogen-bond donors (Lipinski definition) is 0. The van der Waals surface area contributed by atoms with Gasteiger partial charge in [-0.15, -0.1) is 0 Å². The molecule has 2 fully saturated rings. The van der Waals surface area contributed by atoms with Crippen LogP contribution in [0.15, 0.2) is 15.3 Å². The van der Waals surface area contributed by atoms with E-state index in [-0.39, 0.29) is 17.5 Å². The summed E-state index contributed by atoms with van der Waals surface area (Å²) in [5, 5.41) is 25.0. The van der Waals surface area contributed by atoms with Crippen molar-refractivity contribution in [3.05, 3.63) is 5.21 Å². The third-order valence-electron chi connectivity index (χ3n) is 5.35. The fraction of sp³-hybridized carbons (Fsp3) is 1.00. The maximum absolute atomic E-state index is 11.8. The van der Waals surface area contributed by atoms with Gasteiger partial charge in [0.25, 0.3) is 0 Å². The van der Waals surface area contributed by atoms with Crippen molar-refractivity contribution in [2.24, 2.45) is 26.7 Å². The fourth-order valence-corrected chi connectivity index (χ4v) is 4.52. The topological polar surface area (TPSA) is 63.1 Å². The Morgan fingerprint density at radius 2 is 1.81 bits per heavy atom. The van der Waals surface area contributed by atoms with Gasteiger partial charge in [0.15, 0.2) is 6.04 Å². The second kappa shape index (κ2) is 2.63. The lowest BCUT2D eigenvalue weighted by molar-refractivity contribution is -0.563. The molecule has 86 valence electrons. The SMILES string of the molecule is C[C@]12[C@@H]3[C@@H]4CC[C@H]1N=N[C@H]2CC[C@H]3[N+]([O-])=N4. The zero-order valence-corrected chi connectivity index (χ0v) is 9.41. The molecule has 0 bridgehead atoms. The van der Waals surface area contributed by atoms with Gasteiger partial charge in [0.2, 0.25) is 0 Å². The van der Waals surface area contributed by atoms with E-state index < -0.39 is 0 Å². The van der Waals surface area contributed by atoms with Crippen LogP contribution in [0.1, 0.15) is 32.6 Å². The Kier molecular flexibility index (Phi) is 1.49. The van der Waals surface area contributed by atoms with Crippen molar-refractivity contribution in [3.63, 3.8) is 0 Å².